The van der Waals surface area contributed by atoms with Crippen LogP contribution < -0.4 is 0 Å². The van der Waals surface area contributed by atoms with Gasteiger partial charge < -0.3 is 0 Å². The van der Waals surface area contributed by atoms with Crippen molar-refractivity contribution in [2.45, 2.75) is 16.2 Å². The highest BCUT2D eigenvalue weighted by Crippen LogP contribution is 2.45. The van der Waals surface area contributed by atoms with E-state index in [1.807, 2.05) is 24.3 Å². The Bertz CT molecular complexity index is 683. The van der Waals surface area contributed by atoms with Crippen molar-refractivity contribution in [3.63, 3.8) is 0 Å². The van der Waals surface area contributed by atoms with Gasteiger partial charge in [0.05, 0.1) is 14.7 Å². The van der Waals surface area contributed by atoms with Gasteiger partial charge in [-0.1, -0.05) is 24.3 Å². The highest BCUT2D eigenvalue weighted by Gasteiger charge is 2.27. The highest BCUT2D eigenvalue weighted by atomic mass is 32.1. The lowest BCUT2D eigenvalue weighted by molar-refractivity contribution is -0.390. The summed E-state index contributed by atoms with van der Waals surface area (Å²) in [5, 5.41) is 11.0. The maximum Gasteiger partial charge on any atom is 0.296 e. The first-order valence-electron chi connectivity index (χ1n) is 5.40. The van der Waals surface area contributed by atoms with Gasteiger partial charge in [-0.3, -0.25) is 10.1 Å². The van der Waals surface area contributed by atoms with Gasteiger partial charge in [0.25, 0.3) is 5.69 Å². The SMILES string of the molecule is O=[N+]([O-])c1c(S)cc2c(c1S)Cc1ccccc1-2. The normalized spacial score (nSPS) is 12.1. The van der Waals surface area contributed by atoms with E-state index in [-0.39, 0.29) is 5.69 Å². The van der Waals surface area contributed by atoms with Crippen molar-refractivity contribution in [1.82, 2.24) is 0 Å². The van der Waals surface area contributed by atoms with Crippen LogP contribution in [-0.4, -0.2) is 4.92 Å². The molecule has 0 amide bonds. The average Bonchev–Trinajstić information content (AvgIpc) is 2.68. The van der Waals surface area contributed by atoms with Gasteiger partial charge in [0, 0.05) is 6.42 Å². The summed E-state index contributed by atoms with van der Waals surface area (Å²) in [7, 11) is 0. The fraction of sp³-hybridized carbons (Fsp3) is 0.0769. The summed E-state index contributed by atoms with van der Waals surface area (Å²) in [6, 6.07) is 9.76. The molecule has 0 N–H and O–H groups in total. The van der Waals surface area contributed by atoms with Gasteiger partial charge >= 0.3 is 0 Å². The van der Waals surface area contributed by atoms with Crippen LogP contribution in [0.5, 0.6) is 0 Å². The molecule has 0 saturated heterocycles. The second-order valence-electron chi connectivity index (χ2n) is 4.21. The van der Waals surface area contributed by atoms with E-state index >= 15 is 0 Å². The number of hydrogen-bond donors (Lipinski definition) is 2. The summed E-state index contributed by atoms with van der Waals surface area (Å²) in [6.07, 6.45) is 0.694. The van der Waals surface area contributed by atoms with Crippen molar-refractivity contribution in [1.29, 1.82) is 0 Å². The van der Waals surface area contributed by atoms with E-state index in [0.29, 0.717) is 16.2 Å². The third-order valence-corrected chi connectivity index (χ3v) is 4.04. The quantitative estimate of drug-likeness (QED) is 0.403. The summed E-state index contributed by atoms with van der Waals surface area (Å²) in [6.45, 7) is 0. The second kappa shape index (κ2) is 4.03. The Balaban J connectivity index is 2.31. The van der Waals surface area contributed by atoms with Crippen LogP contribution in [-0.2, 0) is 6.42 Å². The smallest absolute Gasteiger partial charge is 0.258 e. The standard InChI is InChI=1S/C13H9NO2S2/c15-14(16)12-11(17)6-9-8-4-2-1-3-7(8)5-10(9)13(12)18/h1-4,6,17-18H,5H2. The number of hydrogen-bond acceptors (Lipinski definition) is 4. The van der Waals surface area contributed by atoms with Crippen LogP contribution in [0.2, 0.25) is 0 Å². The fourth-order valence-electron chi connectivity index (χ4n) is 2.41. The Hall–Kier alpha value is -1.46. The molecule has 18 heavy (non-hydrogen) atoms. The van der Waals surface area contributed by atoms with E-state index in [4.69, 9.17) is 0 Å². The van der Waals surface area contributed by atoms with Crippen molar-refractivity contribution in [2.24, 2.45) is 0 Å². The van der Waals surface area contributed by atoms with E-state index in [1.54, 1.807) is 6.07 Å². The molecule has 5 heteroatoms. The molecule has 0 saturated carbocycles. The van der Waals surface area contributed by atoms with Crippen LogP contribution in [0.15, 0.2) is 40.1 Å². The molecule has 0 spiro atoms. The zero-order valence-corrected chi connectivity index (χ0v) is 11.0. The summed E-state index contributed by atoms with van der Waals surface area (Å²) < 4.78 is 0. The number of rotatable bonds is 1. The fourth-order valence-corrected chi connectivity index (χ4v) is 3.22. The lowest BCUT2D eigenvalue weighted by Crippen LogP contribution is -1.95. The first-order chi connectivity index (χ1) is 8.59. The topological polar surface area (TPSA) is 43.1 Å². The van der Waals surface area contributed by atoms with Crippen molar-refractivity contribution >= 4 is 30.9 Å². The predicted octanol–water partition coefficient (Wildman–Crippen LogP) is 3.74. The van der Waals surface area contributed by atoms with Gasteiger partial charge in [-0.2, -0.15) is 0 Å². The second-order valence-corrected chi connectivity index (χ2v) is 5.14. The molecule has 3 nitrogen and oxygen atoms in total. The van der Waals surface area contributed by atoms with Crippen molar-refractivity contribution in [2.75, 3.05) is 0 Å². The third-order valence-electron chi connectivity index (χ3n) is 3.22. The van der Waals surface area contributed by atoms with Crippen LogP contribution >= 0.6 is 25.3 Å². The molecule has 0 heterocycles. The molecule has 0 aromatic heterocycles. The number of fused-ring (bicyclic) bond motifs is 3. The molecule has 0 radical (unpaired) electrons. The van der Waals surface area contributed by atoms with Crippen LogP contribution in [0.4, 0.5) is 5.69 Å². The predicted molar refractivity (Wildman–Crippen MR) is 75.8 cm³/mol. The zero-order chi connectivity index (χ0) is 12.9. The molecular formula is C13H9NO2S2. The largest absolute Gasteiger partial charge is 0.296 e. The van der Waals surface area contributed by atoms with Crippen LogP contribution in [0.1, 0.15) is 11.1 Å². The number of nitro groups is 1. The van der Waals surface area contributed by atoms with E-state index in [1.165, 1.54) is 5.56 Å². The van der Waals surface area contributed by atoms with Gasteiger partial charge in [0.15, 0.2) is 0 Å². The van der Waals surface area contributed by atoms with E-state index < -0.39 is 4.92 Å². The highest BCUT2D eigenvalue weighted by molar-refractivity contribution is 7.81. The minimum Gasteiger partial charge on any atom is -0.258 e. The number of thiol groups is 2. The summed E-state index contributed by atoms with van der Waals surface area (Å²) in [5.74, 6) is 0. The van der Waals surface area contributed by atoms with Crippen LogP contribution in [0.25, 0.3) is 11.1 Å². The Labute approximate surface area is 115 Å². The lowest BCUT2D eigenvalue weighted by atomic mass is 10.1. The van der Waals surface area contributed by atoms with E-state index in [9.17, 15) is 10.1 Å². The zero-order valence-electron chi connectivity index (χ0n) is 9.25. The van der Waals surface area contributed by atoms with Crippen molar-refractivity contribution in [3.05, 3.63) is 51.6 Å². The van der Waals surface area contributed by atoms with Crippen molar-refractivity contribution in [3.8, 4) is 11.1 Å². The Kier molecular flexibility index (Phi) is 2.60. The molecule has 2 aromatic carbocycles. The molecule has 0 bridgehead atoms. The molecule has 0 atom stereocenters. The molecular weight excluding hydrogens is 266 g/mol. The molecule has 2 aromatic rings. The van der Waals surface area contributed by atoms with E-state index in [2.05, 4.69) is 25.3 Å². The van der Waals surface area contributed by atoms with Gasteiger partial charge in [-0.05, 0) is 28.3 Å². The number of nitro benzene ring substituents is 1. The summed E-state index contributed by atoms with van der Waals surface area (Å²) in [5.41, 5.74) is 4.22. The van der Waals surface area contributed by atoms with Crippen molar-refractivity contribution < 1.29 is 4.92 Å². The minimum atomic E-state index is -0.423. The van der Waals surface area contributed by atoms with Crippen LogP contribution in [0, 0.1) is 10.1 Å². The van der Waals surface area contributed by atoms with Crippen LogP contribution in [0.3, 0.4) is 0 Å². The molecule has 0 aliphatic heterocycles. The molecule has 3 rings (SSSR count). The number of benzene rings is 2. The molecule has 0 fully saturated rings. The molecule has 90 valence electrons. The maximum absolute atomic E-state index is 11.0. The monoisotopic (exact) mass is 275 g/mol. The molecule has 1 aliphatic rings. The summed E-state index contributed by atoms with van der Waals surface area (Å²) >= 11 is 8.53. The maximum atomic E-state index is 11.0. The van der Waals surface area contributed by atoms with Gasteiger partial charge in [-0.25, -0.2) is 0 Å². The average molecular weight is 275 g/mol. The summed E-state index contributed by atoms with van der Waals surface area (Å²) in [4.78, 5) is 11.4. The van der Waals surface area contributed by atoms with Gasteiger partial charge in [-0.15, -0.1) is 25.3 Å². The first kappa shape index (κ1) is 11.6. The lowest BCUT2D eigenvalue weighted by Gasteiger charge is -2.06. The van der Waals surface area contributed by atoms with Gasteiger partial charge in [0.2, 0.25) is 0 Å². The Morgan fingerprint density at radius 1 is 1.17 bits per heavy atom. The number of nitrogens with zero attached hydrogens (tertiary/aromatic N) is 1. The van der Waals surface area contributed by atoms with Gasteiger partial charge in [0.1, 0.15) is 0 Å². The van der Waals surface area contributed by atoms with E-state index in [0.717, 1.165) is 16.7 Å². The third kappa shape index (κ3) is 1.54. The molecule has 1 aliphatic carbocycles. The Morgan fingerprint density at radius 2 is 1.89 bits per heavy atom. The Morgan fingerprint density at radius 3 is 2.61 bits per heavy atom. The first-order valence-corrected chi connectivity index (χ1v) is 6.29. The molecule has 0 unspecified atom stereocenters. The minimum absolute atomic E-state index is 0.00628.